The molecule has 0 aromatic heterocycles. The van der Waals surface area contributed by atoms with Gasteiger partial charge in [-0.05, 0) is 42.3 Å². The molecule has 0 unspecified atom stereocenters. The van der Waals surface area contributed by atoms with Crippen LogP contribution in [0.25, 0.3) is 0 Å². The maximum atomic E-state index is 13.4. The van der Waals surface area contributed by atoms with Gasteiger partial charge in [0.1, 0.15) is 6.04 Å². The molecule has 2 amide bonds. The summed E-state index contributed by atoms with van der Waals surface area (Å²) in [6, 6.07) is 22.9. The zero-order valence-electron chi connectivity index (χ0n) is 17.8. The number of hydrogen-bond donors (Lipinski definition) is 1. The first kappa shape index (κ1) is 21.3. The van der Waals surface area contributed by atoms with Crippen LogP contribution in [0.4, 0.5) is 5.69 Å². The third-order valence-corrected chi connectivity index (χ3v) is 5.44. The highest BCUT2D eigenvalue weighted by atomic mass is 16.5. The van der Waals surface area contributed by atoms with E-state index in [0.717, 1.165) is 11.1 Å². The van der Waals surface area contributed by atoms with Crippen LogP contribution in [0.1, 0.15) is 38.8 Å². The number of ether oxygens (including phenoxy) is 1. The minimum atomic E-state index is -0.705. The van der Waals surface area contributed by atoms with Crippen molar-refractivity contribution in [2.24, 2.45) is 0 Å². The van der Waals surface area contributed by atoms with Gasteiger partial charge in [-0.3, -0.25) is 9.59 Å². The SMILES string of the molecule is CCOC(=O)c1cccc(NC(=O)[C@H](Cc2ccccc2)N2Cc3ccccc3C2=O)c1. The molecule has 6 heteroatoms. The van der Waals surface area contributed by atoms with E-state index in [4.69, 9.17) is 4.74 Å². The summed E-state index contributed by atoms with van der Waals surface area (Å²) in [5.74, 6) is -0.914. The van der Waals surface area contributed by atoms with E-state index >= 15 is 0 Å². The molecule has 4 rings (SSSR count). The quantitative estimate of drug-likeness (QED) is 0.576. The molecule has 0 saturated carbocycles. The number of nitrogens with zero attached hydrogens (tertiary/aromatic N) is 1. The fourth-order valence-corrected chi connectivity index (χ4v) is 3.87. The van der Waals surface area contributed by atoms with E-state index in [1.807, 2.05) is 48.5 Å². The minimum Gasteiger partial charge on any atom is -0.462 e. The Morgan fingerprint density at radius 2 is 1.75 bits per heavy atom. The lowest BCUT2D eigenvalue weighted by molar-refractivity contribution is -0.120. The van der Waals surface area contributed by atoms with Crippen molar-refractivity contribution in [3.63, 3.8) is 0 Å². The number of fused-ring (bicyclic) bond motifs is 1. The molecule has 0 fully saturated rings. The predicted molar refractivity (Wildman–Crippen MR) is 121 cm³/mol. The van der Waals surface area contributed by atoms with E-state index in [1.165, 1.54) is 0 Å². The highest BCUT2D eigenvalue weighted by Crippen LogP contribution is 2.26. The van der Waals surface area contributed by atoms with Gasteiger partial charge in [0.15, 0.2) is 0 Å². The van der Waals surface area contributed by atoms with E-state index < -0.39 is 12.0 Å². The summed E-state index contributed by atoms with van der Waals surface area (Å²) in [6.45, 7) is 2.39. The van der Waals surface area contributed by atoms with Gasteiger partial charge in [-0.15, -0.1) is 0 Å². The Balaban J connectivity index is 1.59. The summed E-state index contributed by atoms with van der Waals surface area (Å²) < 4.78 is 5.04. The first-order chi connectivity index (χ1) is 15.6. The van der Waals surface area contributed by atoms with Crippen LogP contribution in [0.2, 0.25) is 0 Å². The second-order valence-electron chi connectivity index (χ2n) is 7.59. The van der Waals surface area contributed by atoms with Crippen molar-refractivity contribution in [1.82, 2.24) is 4.90 Å². The Labute approximate surface area is 186 Å². The second-order valence-corrected chi connectivity index (χ2v) is 7.59. The van der Waals surface area contributed by atoms with Crippen molar-refractivity contribution in [2.45, 2.75) is 25.9 Å². The Bertz CT molecular complexity index is 1140. The molecule has 0 spiro atoms. The van der Waals surface area contributed by atoms with Crippen molar-refractivity contribution >= 4 is 23.5 Å². The molecule has 6 nitrogen and oxygen atoms in total. The smallest absolute Gasteiger partial charge is 0.338 e. The lowest BCUT2D eigenvalue weighted by atomic mass is 10.0. The number of carbonyl (C=O) groups excluding carboxylic acids is 3. The summed E-state index contributed by atoms with van der Waals surface area (Å²) in [4.78, 5) is 40.1. The van der Waals surface area contributed by atoms with Gasteiger partial charge >= 0.3 is 5.97 Å². The monoisotopic (exact) mass is 428 g/mol. The van der Waals surface area contributed by atoms with Gasteiger partial charge in [0.25, 0.3) is 5.91 Å². The third kappa shape index (κ3) is 4.54. The average molecular weight is 428 g/mol. The van der Waals surface area contributed by atoms with Crippen LogP contribution >= 0.6 is 0 Å². The number of rotatable bonds is 7. The first-order valence-electron chi connectivity index (χ1n) is 10.6. The van der Waals surface area contributed by atoms with Crippen LogP contribution in [0.5, 0.6) is 0 Å². The van der Waals surface area contributed by atoms with Crippen molar-refractivity contribution in [3.8, 4) is 0 Å². The summed E-state index contributed by atoms with van der Waals surface area (Å²) >= 11 is 0. The van der Waals surface area contributed by atoms with Crippen LogP contribution in [-0.2, 0) is 22.5 Å². The Morgan fingerprint density at radius 3 is 2.50 bits per heavy atom. The van der Waals surface area contributed by atoms with Crippen LogP contribution in [0.3, 0.4) is 0 Å². The highest BCUT2D eigenvalue weighted by Gasteiger charge is 2.36. The van der Waals surface area contributed by atoms with Crippen LogP contribution in [-0.4, -0.2) is 35.3 Å². The highest BCUT2D eigenvalue weighted by molar-refractivity contribution is 6.04. The zero-order valence-corrected chi connectivity index (χ0v) is 17.8. The van der Waals surface area contributed by atoms with Crippen molar-refractivity contribution in [3.05, 3.63) is 101 Å². The maximum Gasteiger partial charge on any atom is 0.338 e. The minimum absolute atomic E-state index is 0.156. The van der Waals surface area contributed by atoms with Gasteiger partial charge in [0.2, 0.25) is 5.91 Å². The Hall–Kier alpha value is -3.93. The fourth-order valence-electron chi connectivity index (χ4n) is 3.87. The first-order valence-corrected chi connectivity index (χ1v) is 10.6. The molecule has 0 aliphatic carbocycles. The lowest BCUT2D eigenvalue weighted by Gasteiger charge is -2.27. The molecule has 0 radical (unpaired) electrons. The molecule has 1 heterocycles. The lowest BCUT2D eigenvalue weighted by Crippen LogP contribution is -2.45. The van der Waals surface area contributed by atoms with E-state index in [0.29, 0.717) is 29.8 Å². The molecule has 32 heavy (non-hydrogen) atoms. The van der Waals surface area contributed by atoms with E-state index in [-0.39, 0.29) is 18.4 Å². The number of anilines is 1. The summed E-state index contributed by atoms with van der Waals surface area (Å²) in [7, 11) is 0. The normalized spacial score (nSPS) is 13.4. The van der Waals surface area contributed by atoms with E-state index in [1.54, 1.807) is 42.2 Å². The number of benzene rings is 3. The Morgan fingerprint density at radius 1 is 1.00 bits per heavy atom. The molecule has 1 atom stereocenters. The van der Waals surface area contributed by atoms with Crippen molar-refractivity contribution < 1.29 is 19.1 Å². The molecule has 0 saturated heterocycles. The van der Waals surface area contributed by atoms with Crippen LogP contribution in [0.15, 0.2) is 78.9 Å². The largest absolute Gasteiger partial charge is 0.462 e. The van der Waals surface area contributed by atoms with Gasteiger partial charge in [-0.25, -0.2) is 4.79 Å². The van der Waals surface area contributed by atoms with Gasteiger partial charge in [0.05, 0.1) is 12.2 Å². The zero-order chi connectivity index (χ0) is 22.5. The fraction of sp³-hybridized carbons (Fsp3) is 0.192. The third-order valence-electron chi connectivity index (χ3n) is 5.44. The van der Waals surface area contributed by atoms with Crippen LogP contribution in [0, 0.1) is 0 Å². The molecule has 162 valence electrons. The standard InChI is InChI=1S/C26H24N2O4/c1-2-32-26(31)19-12-8-13-21(16-19)27-24(29)23(15-18-9-4-3-5-10-18)28-17-20-11-6-7-14-22(20)25(28)30/h3-14,16,23H,2,15,17H2,1H3,(H,27,29)/t23-/m0/s1. The molecular weight excluding hydrogens is 404 g/mol. The van der Waals surface area contributed by atoms with Crippen LogP contribution < -0.4 is 5.32 Å². The number of nitrogens with one attached hydrogen (secondary N) is 1. The van der Waals surface area contributed by atoms with Gasteiger partial charge in [-0.1, -0.05) is 54.6 Å². The summed E-state index contributed by atoms with van der Waals surface area (Å²) in [6.07, 6.45) is 0.379. The molecule has 1 aliphatic heterocycles. The number of carbonyl (C=O) groups is 3. The van der Waals surface area contributed by atoms with E-state index in [9.17, 15) is 14.4 Å². The average Bonchev–Trinajstić information content (AvgIpc) is 3.15. The van der Waals surface area contributed by atoms with Crippen molar-refractivity contribution in [2.75, 3.05) is 11.9 Å². The molecular formula is C26H24N2O4. The maximum absolute atomic E-state index is 13.4. The molecule has 0 bridgehead atoms. The molecule has 1 aliphatic rings. The van der Waals surface area contributed by atoms with Gasteiger partial charge in [-0.2, -0.15) is 0 Å². The topological polar surface area (TPSA) is 75.7 Å². The van der Waals surface area contributed by atoms with E-state index in [2.05, 4.69) is 5.32 Å². The second kappa shape index (κ2) is 9.47. The summed E-state index contributed by atoms with van der Waals surface area (Å²) in [5.41, 5.74) is 3.32. The predicted octanol–water partition coefficient (Wildman–Crippen LogP) is 4.07. The Kier molecular flexibility index (Phi) is 6.31. The molecule has 1 N–H and O–H groups in total. The van der Waals surface area contributed by atoms with Gasteiger partial charge in [0, 0.05) is 24.2 Å². The summed E-state index contributed by atoms with van der Waals surface area (Å²) in [5, 5.41) is 2.88. The molecule has 3 aromatic rings. The molecule has 3 aromatic carbocycles. The van der Waals surface area contributed by atoms with Gasteiger partial charge < -0.3 is 15.0 Å². The number of amides is 2. The van der Waals surface area contributed by atoms with Crippen molar-refractivity contribution in [1.29, 1.82) is 0 Å². The number of esters is 1. The number of hydrogen-bond acceptors (Lipinski definition) is 4.